The molecule has 2 amide bonds. The normalized spacial score (nSPS) is 17.4. The van der Waals surface area contributed by atoms with E-state index in [4.69, 9.17) is 17.3 Å². The molecule has 9 N–H and O–H groups in total. The van der Waals surface area contributed by atoms with E-state index in [9.17, 15) is 95.7 Å². The highest BCUT2D eigenvalue weighted by molar-refractivity contribution is 8.00. The summed E-state index contributed by atoms with van der Waals surface area (Å²) in [5, 5.41) is 20.9. The Morgan fingerprint density at radius 2 is 0.986 bits per heavy atom. The van der Waals surface area contributed by atoms with Crippen LogP contribution in [0, 0.1) is 0 Å². The lowest BCUT2D eigenvalue weighted by Crippen LogP contribution is -2.71. The summed E-state index contributed by atoms with van der Waals surface area (Å²) >= 11 is 7.20. The molecule has 0 spiro atoms. The number of β-lactam (4-membered cyclic amide) rings is 1. The Kier molecular flexibility index (Phi) is 14.6. The molecule has 386 valence electrons. The van der Waals surface area contributed by atoms with Gasteiger partial charge in [0.2, 0.25) is 5.91 Å². The number of carboxylic acids is 1. The molecule has 74 heavy (non-hydrogen) atoms. The van der Waals surface area contributed by atoms with Crippen LogP contribution >= 0.6 is 23.4 Å². The van der Waals surface area contributed by atoms with Gasteiger partial charge in [-0.15, -0.1) is 11.8 Å². The van der Waals surface area contributed by atoms with E-state index in [0.29, 0.717) is 16.9 Å². The quantitative estimate of drug-likeness (QED) is 0.0801. The van der Waals surface area contributed by atoms with Crippen molar-refractivity contribution < 1.29 is 95.7 Å². The Hall–Kier alpha value is -7.03. The Morgan fingerprint density at radius 1 is 0.635 bits per heavy atom. The third-order valence-electron chi connectivity index (χ3n) is 11.4. The fraction of sp³-hybridized carbons (Fsp3) is 0.114. The summed E-state index contributed by atoms with van der Waals surface area (Å²) in [7, 11) is -19.1. The average Bonchev–Trinajstić information content (AvgIpc) is 3.32. The van der Waals surface area contributed by atoms with Crippen LogP contribution < -0.4 is 11.1 Å². The second-order valence-electron chi connectivity index (χ2n) is 16.0. The molecule has 0 saturated carbocycles. The maximum Gasteiger partial charge on any atom is 0.352 e. The zero-order chi connectivity index (χ0) is 54.9. The van der Waals surface area contributed by atoms with E-state index >= 15 is 0 Å². The van der Waals surface area contributed by atoms with Crippen molar-refractivity contribution >= 4 is 105 Å². The highest BCUT2D eigenvalue weighted by Crippen LogP contribution is 2.41. The Bertz CT molecular complexity index is 3530. The molecule has 1 fully saturated rings. The van der Waals surface area contributed by atoms with E-state index in [-0.39, 0.29) is 38.7 Å². The molecule has 2 heterocycles. The van der Waals surface area contributed by atoms with Crippen LogP contribution in [0.3, 0.4) is 0 Å². The smallest absolute Gasteiger partial charge is 0.352 e. The molecule has 2 unspecified atom stereocenters. The van der Waals surface area contributed by atoms with Gasteiger partial charge in [0.15, 0.2) is 23.1 Å². The van der Waals surface area contributed by atoms with Gasteiger partial charge in [0.05, 0.1) is 27.3 Å². The summed E-state index contributed by atoms with van der Waals surface area (Å²) in [6.45, 7) is 1.66. The molecule has 5 aromatic rings. The number of thioether (sulfide) groups is 1. The van der Waals surface area contributed by atoms with E-state index in [1.54, 1.807) is 6.92 Å². The number of hydrogen-bond donors (Lipinski definition) is 8. The highest BCUT2D eigenvalue weighted by Gasteiger charge is 2.54. The van der Waals surface area contributed by atoms with Crippen LogP contribution in [0.15, 0.2) is 122 Å². The van der Waals surface area contributed by atoms with E-state index in [1.165, 1.54) is 34.9 Å². The fourth-order valence-corrected chi connectivity index (χ4v) is 12.4. The molecule has 1 saturated heterocycles. The van der Waals surface area contributed by atoms with Crippen molar-refractivity contribution in [2.45, 2.75) is 44.0 Å². The van der Waals surface area contributed by atoms with Crippen molar-refractivity contribution in [3.8, 4) is 5.75 Å². The summed E-state index contributed by atoms with van der Waals surface area (Å²) in [6.07, 6.45) is 0. The van der Waals surface area contributed by atoms with Crippen molar-refractivity contribution in [1.29, 1.82) is 0 Å². The van der Waals surface area contributed by atoms with Crippen LogP contribution in [0.4, 0.5) is 0 Å². The van der Waals surface area contributed by atoms with Gasteiger partial charge in [-0.1, -0.05) is 66.2 Å². The predicted molar refractivity (Wildman–Crippen MR) is 254 cm³/mol. The van der Waals surface area contributed by atoms with Crippen molar-refractivity contribution in [2.24, 2.45) is 5.73 Å². The molecule has 5 aromatic carbocycles. The number of fused-ring (bicyclic) bond motifs is 5. The van der Waals surface area contributed by atoms with Crippen LogP contribution in [0.5, 0.6) is 5.75 Å². The zero-order valence-electron chi connectivity index (χ0n) is 36.9. The SMILES string of the molecule is CC1=C(C(=O)O)N2C(=O)C(NC(=O)C(N)c3ccc(O)c(Cl)c3)[C@@H]2SC1.O=C1c2cccc(S(=O)(=O)O)c2C(=O)c2cccc(S(=O)(=O)O)c21.O=C1c2cccc(S(=O)(=O)O)c2C(=O)c2cccc(S(=O)(=O)O)c21. The van der Waals surface area contributed by atoms with Crippen LogP contribution in [0.2, 0.25) is 5.02 Å². The number of nitrogens with one attached hydrogen (secondary N) is 1. The summed E-state index contributed by atoms with van der Waals surface area (Å²) in [4.78, 5) is 84.7. The number of nitrogens with zero attached hydrogens (tertiary/aromatic N) is 1. The van der Waals surface area contributed by atoms with E-state index in [2.05, 4.69) is 5.32 Å². The molecule has 0 aromatic heterocycles. The topological polar surface area (TPSA) is 419 Å². The van der Waals surface area contributed by atoms with Crippen LogP contribution in [0.1, 0.15) is 82.2 Å². The van der Waals surface area contributed by atoms with Gasteiger partial charge >= 0.3 is 5.97 Å². The van der Waals surface area contributed by atoms with Gasteiger partial charge < -0.3 is 21.3 Å². The number of ketones is 4. The molecule has 3 atom stereocenters. The standard InChI is InChI=1S/C16H16ClN3O5S.2C14H8O8S2/c1-6-5-26-15-11(14(23)20(15)12(6)16(24)25)19-13(22)10(18)7-2-3-9(21)8(17)4-7;2*15-13-7-3-1-5-9(23(17,18)19)11(7)14(16)8-4-2-6-10(12(8)13)24(20,21)22/h2-4,10-11,15,21H,5,18H2,1H3,(H,19,22)(H,24,25);2*1-6H,(H,17,18,19)(H,20,21,22)/t10?,11?,15-;;/m0../s1. The second-order valence-corrected chi connectivity index (χ2v) is 23.0. The third kappa shape index (κ3) is 10.0. The number of hydrogen-bond acceptors (Lipinski definition) is 18. The van der Waals surface area contributed by atoms with Crippen LogP contribution in [-0.4, -0.2) is 125 Å². The molecular weight excluding hydrogens is 1100 g/mol. The van der Waals surface area contributed by atoms with E-state index in [1.807, 2.05) is 0 Å². The van der Waals surface area contributed by atoms with Gasteiger partial charge in [0, 0.05) is 28.0 Å². The number of carboxylic acid groups (broad SMARTS) is 1. The maximum absolute atomic E-state index is 12.6. The number of halogens is 1. The van der Waals surface area contributed by atoms with Gasteiger partial charge in [-0.2, -0.15) is 33.7 Å². The Balaban J connectivity index is 0.000000162. The molecular formula is C44H32ClN3O21S5. The summed E-state index contributed by atoms with van der Waals surface area (Å²) < 4.78 is 129. The van der Waals surface area contributed by atoms with Gasteiger partial charge in [0.25, 0.3) is 46.4 Å². The molecule has 30 heteroatoms. The number of carbonyl (C=O) groups is 7. The molecule has 0 bridgehead atoms. The maximum atomic E-state index is 12.6. The van der Waals surface area contributed by atoms with Gasteiger partial charge in [-0.3, -0.25) is 51.9 Å². The van der Waals surface area contributed by atoms with Crippen molar-refractivity contribution in [3.05, 3.63) is 157 Å². The first-order valence-corrected chi connectivity index (χ1v) is 27.5. The number of aliphatic carboxylic acids is 1. The minimum Gasteiger partial charge on any atom is -0.506 e. The number of aromatic hydroxyl groups is 1. The fourth-order valence-electron chi connectivity index (χ4n) is 8.10. The number of benzene rings is 5. The average molecular weight is 1130 g/mol. The van der Waals surface area contributed by atoms with Crippen molar-refractivity contribution in [3.63, 3.8) is 0 Å². The molecule has 9 rings (SSSR count). The number of phenols is 1. The lowest BCUT2D eigenvalue weighted by molar-refractivity contribution is -0.150. The lowest BCUT2D eigenvalue weighted by Gasteiger charge is -2.49. The predicted octanol–water partition coefficient (Wildman–Crippen LogP) is 2.71. The monoisotopic (exact) mass is 1130 g/mol. The molecule has 2 aliphatic carbocycles. The number of rotatable bonds is 8. The third-order valence-corrected chi connectivity index (χ3v) is 16.7. The summed E-state index contributed by atoms with van der Waals surface area (Å²) in [5.74, 6) is -5.69. The number of amides is 2. The molecule has 2 aliphatic heterocycles. The Labute approximate surface area is 426 Å². The van der Waals surface area contributed by atoms with Crippen LogP contribution in [-0.2, 0) is 54.9 Å². The lowest BCUT2D eigenvalue weighted by atomic mass is 9.84. The first-order chi connectivity index (χ1) is 34.3. The first kappa shape index (κ1) is 54.7. The largest absolute Gasteiger partial charge is 0.506 e. The van der Waals surface area contributed by atoms with Crippen molar-refractivity contribution in [2.75, 3.05) is 5.75 Å². The summed E-state index contributed by atoms with van der Waals surface area (Å²) in [6, 6.07) is 15.1. The number of phenolic OH excluding ortho intramolecular Hbond substituents is 1. The molecule has 0 radical (unpaired) electrons. The highest BCUT2D eigenvalue weighted by atomic mass is 35.5. The van der Waals surface area contributed by atoms with Crippen molar-refractivity contribution in [1.82, 2.24) is 10.2 Å². The van der Waals surface area contributed by atoms with Gasteiger partial charge in [-0.05, 0) is 54.5 Å². The minimum atomic E-state index is -4.78. The minimum absolute atomic E-state index is 0.0288. The Morgan fingerprint density at radius 3 is 1.30 bits per heavy atom. The second kappa shape index (κ2) is 19.7. The molecule has 24 nitrogen and oxygen atoms in total. The van der Waals surface area contributed by atoms with E-state index < -0.39 is 141 Å². The zero-order valence-corrected chi connectivity index (χ0v) is 41.7. The van der Waals surface area contributed by atoms with E-state index in [0.717, 1.165) is 72.8 Å². The number of nitrogens with two attached hydrogens (primary N) is 1. The van der Waals surface area contributed by atoms with Crippen LogP contribution in [0.25, 0.3) is 0 Å². The first-order valence-electron chi connectivity index (χ1n) is 20.3. The van der Waals surface area contributed by atoms with Gasteiger partial charge in [0.1, 0.15) is 48.5 Å². The number of carbonyl (C=O) groups excluding carboxylic acids is 6. The summed E-state index contributed by atoms with van der Waals surface area (Å²) in [5.41, 5.74) is 3.21. The van der Waals surface area contributed by atoms with Gasteiger partial charge in [-0.25, -0.2) is 4.79 Å². The molecule has 4 aliphatic rings.